The lowest BCUT2D eigenvalue weighted by Crippen LogP contribution is -2.29. The van der Waals surface area contributed by atoms with Gasteiger partial charge in [-0.25, -0.2) is 0 Å². The van der Waals surface area contributed by atoms with Gasteiger partial charge in [-0.1, -0.05) is 72.8 Å². The molecule has 1 aliphatic rings. The molecule has 1 amide bonds. The second-order valence-corrected chi connectivity index (χ2v) is 7.41. The Morgan fingerprint density at radius 2 is 1.32 bits per heavy atom. The van der Waals surface area contributed by atoms with Crippen molar-refractivity contribution in [1.82, 2.24) is 10.2 Å². The van der Waals surface area contributed by atoms with Gasteiger partial charge in [0.15, 0.2) is 0 Å². The van der Waals surface area contributed by atoms with Crippen LogP contribution >= 0.6 is 0 Å². The summed E-state index contributed by atoms with van der Waals surface area (Å²) in [6.45, 7) is 3.33. The Bertz CT molecular complexity index is 845. The zero-order valence-corrected chi connectivity index (χ0v) is 16.1. The van der Waals surface area contributed by atoms with Crippen molar-refractivity contribution in [3.8, 4) is 0 Å². The van der Waals surface area contributed by atoms with E-state index in [-0.39, 0.29) is 11.9 Å². The monoisotopic (exact) mass is 370 g/mol. The number of likely N-dealkylation sites (tertiary alicyclic amines) is 1. The van der Waals surface area contributed by atoms with E-state index in [1.165, 1.54) is 31.5 Å². The van der Waals surface area contributed by atoms with E-state index in [1.807, 2.05) is 48.5 Å². The van der Waals surface area contributed by atoms with Crippen molar-refractivity contribution in [3.05, 3.63) is 107 Å². The Kier molecular flexibility index (Phi) is 5.83. The molecule has 0 spiro atoms. The molecule has 0 radical (unpaired) electrons. The third-order valence-corrected chi connectivity index (χ3v) is 5.36. The van der Waals surface area contributed by atoms with Crippen LogP contribution in [0.5, 0.6) is 0 Å². The smallest absolute Gasteiger partial charge is 0.252 e. The maximum atomic E-state index is 12.9. The van der Waals surface area contributed by atoms with Crippen molar-refractivity contribution < 1.29 is 4.79 Å². The van der Waals surface area contributed by atoms with Gasteiger partial charge in [-0.15, -0.1) is 0 Å². The lowest BCUT2D eigenvalue weighted by molar-refractivity contribution is 0.0943. The van der Waals surface area contributed by atoms with Crippen LogP contribution in [0, 0.1) is 0 Å². The maximum absolute atomic E-state index is 12.9. The van der Waals surface area contributed by atoms with E-state index in [2.05, 4.69) is 46.6 Å². The van der Waals surface area contributed by atoms with E-state index >= 15 is 0 Å². The lowest BCUT2D eigenvalue weighted by Gasteiger charge is -2.20. The van der Waals surface area contributed by atoms with Crippen LogP contribution in [0.25, 0.3) is 0 Å². The molecule has 3 aromatic rings. The molecule has 1 saturated heterocycles. The highest BCUT2D eigenvalue weighted by molar-refractivity contribution is 5.94. The summed E-state index contributed by atoms with van der Waals surface area (Å²) in [4.78, 5) is 15.4. The lowest BCUT2D eigenvalue weighted by atomic mass is 9.98. The minimum Gasteiger partial charge on any atom is -0.341 e. The summed E-state index contributed by atoms with van der Waals surface area (Å²) in [5.41, 5.74) is 4.11. The number of hydrogen-bond acceptors (Lipinski definition) is 2. The van der Waals surface area contributed by atoms with Gasteiger partial charge in [0, 0.05) is 12.1 Å². The summed E-state index contributed by atoms with van der Waals surface area (Å²) in [6, 6.07) is 28.1. The third kappa shape index (κ3) is 4.49. The largest absolute Gasteiger partial charge is 0.341 e. The predicted molar refractivity (Wildman–Crippen MR) is 113 cm³/mol. The first-order valence-corrected chi connectivity index (χ1v) is 10.0. The van der Waals surface area contributed by atoms with Crippen molar-refractivity contribution in [3.63, 3.8) is 0 Å². The Balaban J connectivity index is 1.49. The zero-order valence-electron chi connectivity index (χ0n) is 16.1. The van der Waals surface area contributed by atoms with Gasteiger partial charge >= 0.3 is 0 Å². The minimum atomic E-state index is -0.167. The standard InChI is InChI=1S/C25H26N2O/c28-25(23-15-13-20(14-16-23)19-27-17-7-8-18-27)26-24(21-9-3-1-4-10-21)22-11-5-2-6-12-22/h1-6,9-16,24H,7-8,17-19H2,(H,26,28). The summed E-state index contributed by atoms with van der Waals surface area (Å²) in [7, 11) is 0. The highest BCUT2D eigenvalue weighted by atomic mass is 16.1. The number of nitrogens with zero attached hydrogens (tertiary/aromatic N) is 1. The topological polar surface area (TPSA) is 32.3 Å². The third-order valence-electron chi connectivity index (χ3n) is 5.36. The molecule has 1 aliphatic heterocycles. The van der Waals surface area contributed by atoms with Gasteiger partial charge in [-0.2, -0.15) is 0 Å². The summed E-state index contributed by atoms with van der Waals surface area (Å²) in [6.07, 6.45) is 2.59. The number of rotatable bonds is 6. The SMILES string of the molecule is O=C(NC(c1ccccc1)c1ccccc1)c1ccc(CN2CCCC2)cc1. The fraction of sp³-hybridized carbons (Fsp3) is 0.240. The number of amides is 1. The van der Waals surface area contributed by atoms with E-state index in [1.54, 1.807) is 0 Å². The first kappa shape index (κ1) is 18.5. The Labute approximate surface area is 167 Å². The number of benzene rings is 3. The molecule has 3 aromatic carbocycles. The molecular weight excluding hydrogens is 344 g/mol. The molecule has 0 unspecified atom stereocenters. The normalized spacial score (nSPS) is 14.3. The molecule has 0 bridgehead atoms. The molecule has 0 saturated carbocycles. The van der Waals surface area contributed by atoms with E-state index in [0.29, 0.717) is 5.56 Å². The maximum Gasteiger partial charge on any atom is 0.252 e. The zero-order chi connectivity index (χ0) is 19.2. The van der Waals surface area contributed by atoms with Crippen LogP contribution < -0.4 is 5.32 Å². The molecule has 1 heterocycles. The number of hydrogen-bond donors (Lipinski definition) is 1. The van der Waals surface area contributed by atoms with Gasteiger partial charge in [0.25, 0.3) is 5.91 Å². The van der Waals surface area contributed by atoms with Crippen molar-refractivity contribution in [2.24, 2.45) is 0 Å². The fourth-order valence-corrected chi connectivity index (χ4v) is 3.82. The van der Waals surface area contributed by atoms with E-state index in [0.717, 1.165) is 17.7 Å². The van der Waals surface area contributed by atoms with Crippen LogP contribution in [0.1, 0.15) is 45.9 Å². The highest BCUT2D eigenvalue weighted by Crippen LogP contribution is 2.22. The molecule has 3 nitrogen and oxygen atoms in total. The first-order valence-electron chi connectivity index (χ1n) is 10.0. The Morgan fingerprint density at radius 3 is 1.86 bits per heavy atom. The average Bonchev–Trinajstić information content (AvgIpc) is 3.27. The summed E-state index contributed by atoms with van der Waals surface area (Å²) < 4.78 is 0. The molecule has 4 rings (SSSR count). The van der Waals surface area contributed by atoms with Crippen LogP contribution in [0.2, 0.25) is 0 Å². The second-order valence-electron chi connectivity index (χ2n) is 7.41. The van der Waals surface area contributed by atoms with Crippen LogP contribution in [-0.4, -0.2) is 23.9 Å². The predicted octanol–water partition coefficient (Wildman–Crippen LogP) is 4.80. The molecule has 0 aliphatic carbocycles. The van der Waals surface area contributed by atoms with Crippen molar-refractivity contribution in [1.29, 1.82) is 0 Å². The van der Waals surface area contributed by atoms with Gasteiger partial charge in [0.2, 0.25) is 0 Å². The Morgan fingerprint density at radius 1 is 0.786 bits per heavy atom. The number of nitrogens with one attached hydrogen (secondary N) is 1. The quantitative estimate of drug-likeness (QED) is 0.676. The number of carbonyl (C=O) groups excluding carboxylic acids is 1. The van der Waals surface area contributed by atoms with E-state index < -0.39 is 0 Å². The highest BCUT2D eigenvalue weighted by Gasteiger charge is 2.18. The van der Waals surface area contributed by atoms with Crippen molar-refractivity contribution in [2.75, 3.05) is 13.1 Å². The van der Waals surface area contributed by atoms with Gasteiger partial charge in [0.1, 0.15) is 0 Å². The summed E-state index contributed by atoms with van der Waals surface area (Å²) in [5.74, 6) is -0.0505. The van der Waals surface area contributed by atoms with Gasteiger partial charge < -0.3 is 5.32 Å². The molecule has 142 valence electrons. The van der Waals surface area contributed by atoms with E-state index in [4.69, 9.17) is 0 Å². The summed E-state index contributed by atoms with van der Waals surface area (Å²) >= 11 is 0. The summed E-state index contributed by atoms with van der Waals surface area (Å²) in [5, 5.41) is 3.21. The van der Waals surface area contributed by atoms with Crippen molar-refractivity contribution >= 4 is 5.91 Å². The average molecular weight is 370 g/mol. The van der Waals surface area contributed by atoms with Crippen LogP contribution in [0.3, 0.4) is 0 Å². The molecule has 1 fully saturated rings. The van der Waals surface area contributed by atoms with Gasteiger partial charge in [-0.05, 0) is 54.8 Å². The van der Waals surface area contributed by atoms with Crippen LogP contribution in [0.4, 0.5) is 0 Å². The number of carbonyl (C=O) groups is 1. The van der Waals surface area contributed by atoms with Gasteiger partial charge in [0.05, 0.1) is 6.04 Å². The molecule has 0 atom stereocenters. The van der Waals surface area contributed by atoms with Crippen LogP contribution in [0.15, 0.2) is 84.9 Å². The minimum absolute atomic E-state index is 0.0505. The van der Waals surface area contributed by atoms with Gasteiger partial charge in [-0.3, -0.25) is 9.69 Å². The molecule has 1 N–H and O–H groups in total. The van der Waals surface area contributed by atoms with E-state index in [9.17, 15) is 4.79 Å². The second kappa shape index (κ2) is 8.85. The molecule has 3 heteroatoms. The molecular formula is C25H26N2O. The molecule has 0 aromatic heterocycles. The van der Waals surface area contributed by atoms with Crippen LogP contribution in [-0.2, 0) is 6.54 Å². The molecule has 28 heavy (non-hydrogen) atoms. The fourth-order valence-electron chi connectivity index (χ4n) is 3.82. The first-order chi connectivity index (χ1) is 13.8. The Hall–Kier alpha value is -2.91. The van der Waals surface area contributed by atoms with Crippen molar-refractivity contribution in [2.45, 2.75) is 25.4 Å².